The summed E-state index contributed by atoms with van der Waals surface area (Å²) in [6, 6.07) is 0. The quantitative estimate of drug-likeness (QED) is 0.749. The fraction of sp³-hybridized carbons (Fsp3) is 0.471. The van der Waals surface area contributed by atoms with Crippen LogP contribution < -0.4 is 0 Å². The summed E-state index contributed by atoms with van der Waals surface area (Å²) in [5, 5.41) is 0.138. The van der Waals surface area contributed by atoms with Crippen molar-refractivity contribution in [1.29, 1.82) is 0 Å². The molecule has 2 aliphatic heterocycles. The molecule has 1 aromatic heterocycles. The molecule has 0 bridgehead atoms. The number of fused-ring (bicyclic) bond motifs is 1. The first-order valence-electron chi connectivity index (χ1n) is 8.52. The molecule has 0 radical (unpaired) electrons. The van der Waals surface area contributed by atoms with Crippen molar-refractivity contribution in [2.75, 3.05) is 32.8 Å². The molecular weight excluding hydrogens is 358 g/mol. The second-order valence-corrected chi connectivity index (χ2v) is 7.38. The fourth-order valence-electron chi connectivity index (χ4n) is 3.29. The lowest BCUT2D eigenvalue weighted by Crippen LogP contribution is -2.52. The van der Waals surface area contributed by atoms with Crippen LogP contribution in [0.5, 0.6) is 0 Å². The number of aromatic nitrogens is 1. The van der Waals surface area contributed by atoms with Crippen molar-refractivity contribution in [2.24, 2.45) is 0 Å². The highest BCUT2D eigenvalue weighted by atomic mass is 32.1. The molecule has 0 saturated carbocycles. The Kier molecular flexibility index (Phi) is 4.41. The van der Waals surface area contributed by atoms with Gasteiger partial charge in [-0.05, 0) is 25.0 Å². The zero-order valence-corrected chi connectivity index (χ0v) is 14.8. The molecule has 136 valence electrons. The molecule has 0 aromatic carbocycles. The number of piperazine rings is 1. The van der Waals surface area contributed by atoms with E-state index in [0.717, 1.165) is 24.2 Å². The summed E-state index contributed by atoms with van der Waals surface area (Å²) in [5.41, 5.74) is 0.0537. The predicted molar refractivity (Wildman–Crippen MR) is 91.4 cm³/mol. The van der Waals surface area contributed by atoms with Crippen LogP contribution in [0.4, 0.5) is 0 Å². The number of ketones is 2. The van der Waals surface area contributed by atoms with Crippen molar-refractivity contribution in [3.63, 3.8) is 0 Å². The van der Waals surface area contributed by atoms with Crippen LogP contribution in [0.2, 0.25) is 0 Å². The van der Waals surface area contributed by atoms with Gasteiger partial charge in [0, 0.05) is 32.8 Å². The van der Waals surface area contributed by atoms with Gasteiger partial charge in [0.2, 0.25) is 5.78 Å². The van der Waals surface area contributed by atoms with E-state index in [1.807, 2.05) is 0 Å². The number of carbonyl (C=O) groups excluding carboxylic acids is 4. The molecule has 2 fully saturated rings. The van der Waals surface area contributed by atoms with Crippen molar-refractivity contribution in [3.05, 3.63) is 27.7 Å². The van der Waals surface area contributed by atoms with Crippen LogP contribution in [0, 0.1) is 0 Å². The largest absolute Gasteiger partial charge is 0.368 e. The number of ether oxygens (including phenoxy) is 1. The molecule has 1 aromatic rings. The highest BCUT2D eigenvalue weighted by molar-refractivity contribution is 7.16. The van der Waals surface area contributed by atoms with Gasteiger partial charge in [0.15, 0.2) is 10.8 Å². The molecule has 1 aliphatic carbocycles. The Balaban J connectivity index is 1.41. The van der Waals surface area contributed by atoms with Crippen LogP contribution in [0.25, 0.3) is 0 Å². The van der Waals surface area contributed by atoms with Gasteiger partial charge in [-0.25, -0.2) is 4.98 Å². The average Bonchev–Trinajstić information content (AvgIpc) is 3.34. The van der Waals surface area contributed by atoms with Crippen LogP contribution >= 0.6 is 11.3 Å². The van der Waals surface area contributed by atoms with E-state index in [1.54, 1.807) is 9.80 Å². The number of carbonyl (C=O) groups is 4. The average molecular weight is 375 g/mol. The minimum Gasteiger partial charge on any atom is -0.368 e. The first-order chi connectivity index (χ1) is 12.5. The van der Waals surface area contributed by atoms with Crippen LogP contribution in [0.15, 0.2) is 12.2 Å². The summed E-state index contributed by atoms with van der Waals surface area (Å²) in [6.07, 6.45) is 3.67. The topological polar surface area (TPSA) is 96.9 Å². The Bertz CT molecular complexity index is 781. The molecule has 1 unspecified atom stereocenters. The molecule has 2 saturated heterocycles. The van der Waals surface area contributed by atoms with Gasteiger partial charge in [-0.3, -0.25) is 19.2 Å². The zero-order valence-electron chi connectivity index (χ0n) is 14.0. The second kappa shape index (κ2) is 6.73. The Morgan fingerprint density at radius 3 is 2.42 bits per heavy atom. The number of hydrogen-bond donors (Lipinski definition) is 0. The van der Waals surface area contributed by atoms with Gasteiger partial charge in [0.25, 0.3) is 11.8 Å². The third kappa shape index (κ3) is 2.97. The van der Waals surface area contributed by atoms with Gasteiger partial charge in [-0.1, -0.05) is 0 Å². The Morgan fingerprint density at radius 1 is 1.08 bits per heavy atom. The van der Waals surface area contributed by atoms with Crippen LogP contribution in [-0.2, 0) is 9.53 Å². The van der Waals surface area contributed by atoms with Crippen molar-refractivity contribution in [1.82, 2.24) is 14.8 Å². The van der Waals surface area contributed by atoms with Gasteiger partial charge in [0.05, 0.1) is 0 Å². The molecule has 26 heavy (non-hydrogen) atoms. The summed E-state index contributed by atoms with van der Waals surface area (Å²) < 4.78 is 5.43. The maximum Gasteiger partial charge on any atom is 0.282 e. The molecule has 0 spiro atoms. The zero-order chi connectivity index (χ0) is 18.3. The lowest BCUT2D eigenvalue weighted by Gasteiger charge is -2.35. The Morgan fingerprint density at radius 2 is 1.77 bits per heavy atom. The molecule has 9 heteroatoms. The number of amides is 2. The van der Waals surface area contributed by atoms with E-state index in [2.05, 4.69) is 4.98 Å². The van der Waals surface area contributed by atoms with Crippen LogP contribution in [0.1, 0.15) is 42.8 Å². The number of hydrogen-bond acceptors (Lipinski definition) is 7. The lowest BCUT2D eigenvalue weighted by molar-refractivity contribution is -0.142. The summed E-state index contributed by atoms with van der Waals surface area (Å²) >= 11 is 0.952. The summed E-state index contributed by atoms with van der Waals surface area (Å²) in [4.78, 5) is 56.3. The van der Waals surface area contributed by atoms with Crippen LogP contribution in [0.3, 0.4) is 0 Å². The van der Waals surface area contributed by atoms with E-state index in [-0.39, 0.29) is 45.1 Å². The third-order valence-electron chi connectivity index (χ3n) is 4.74. The molecule has 4 rings (SSSR count). The van der Waals surface area contributed by atoms with Crippen LogP contribution in [-0.4, -0.2) is 77.1 Å². The Hall–Kier alpha value is -2.39. The maximum absolute atomic E-state index is 12.7. The maximum atomic E-state index is 12.7. The predicted octanol–water partition coefficient (Wildman–Crippen LogP) is 0.542. The third-order valence-corrected chi connectivity index (χ3v) is 5.79. The minimum absolute atomic E-state index is 0.0124. The van der Waals surface area contributed by atoms with Crippen molar-refractivity contribution in [2.45, 2.75) is 18.9 Å². The van der Waals surface area contributed by atoms with E-state index in [4.69, 9.17) is 4.74 Å². The summed E-state index contributed by atoms with van der Waals surface area (Å²) in [6.45, 7) is 2.28. The van der Waals surface area contributed by atoms with Gasteiger partial charge in [-0.15, -0.1) is 11.3 Å². The fourth-order valence-corrected chi connectivity index (χ4v) is 4.25. The monoisotopic (exact) mass is 375 g/mol. The highest BCUT2D eigenvalue weighted by Gasteiger charge is 2.33. The van der Waals surface area contributed by atoms with Crippen molar-refractivity contribution < 1.29 is 23.9 Å². The Labute approximate surface area is 153 Å². The lowest BCUT2D eigenvalue weighted by atomic mass is 10.1. The number of rotatable bonds is 2. The summed E-state index contributed by atoms with van der Waals surface area (Å²) in [5.74, 6) is -0.985. The van der Waals surface area contributed by atoms with E-state index in [0.29, 0.717) is 32.8 Å². The number of nitrogens with zero attached hydrogens (tertiary/aromatic N) is 3. The smallest absolute Gasteiger partial charge is 0.282 e. The first-order valence-corrected chi connectivity index (χ1v) is 9.33. The number of allylic oxidation sites excluding steroid dienone is 2. The van der Waals surface area contributed by atoms with E-state index in [1.165, 1.54) is 12.2 Å². The molecule has 3 heterocycles. The van der Waals surface area contributed by atoms with Gasteiger partial charge < -0.3 is 14.5 Å². The van der Waals surface area contributed by atoms with Gasteiger partial charge >= 0.3 is 0 Å². The van der Waals surface area contributed by atoms with E-state index in [9.17, 15) is 19.2 Å². The van der Waals surface area contributed by atoms with Crippen molar-refractivity contribution in [3.8, 4) is 0 Å². The molecule has 3 aliphatic rings. The number of thiazole rings is 1. The van der Waals surface area contributed by atoms with Crippen molar-refractivity contribution >= 4 is 34.7 Å². The van der Waals surface area contributed by atoms with E-state index >= 15 is 0 Å². The molecule has 8 nitrogen and oxygen atoms in total. The second-order valence-electron chi connectivity index (χ2n) is 6.38. The minimum atomic E-state index is -0.359. The first kappa shape index (κ1) is 17.0. The normalized spacial score (nSPS) is 22.7. The van der Waals surface area contributed by atoms with Gasteiger partial charge in [-0.2, -0.15) is 0 Å². The molecule has 2 amide bonds. The molecule has 0 N–H and O–H groups in total. The standard InChI is InChI=1S/C17H17N3O5S/c21-10-3-4-11(22)14-13(10)18-15(26-14)17(24)20-7-5-19(6-8-20)16(23)12-2-1-9-25-12/h3-4,12H,1-2,5-9H2. The van der Waals surface area contributed by atoms with E-state index < -0.39 is 0 Å². The van der Waals surface area contributed by atoms with Gasteiger partial charge in [0.1, 0.15) is 16.7 Å². The molecular formula is C17H17N3O5S. The SMILES string of the molecule is O=C1C=CC(=O)c2sc(C(=O)N3CCN(C(=O)C4CCCO4)CC3)nc21. The molecule has 1 atom stereocenters. The highest BCUT2D eigenvalue weighted by Crippen LogP contribution is 2.25. The summed E-state index contributed by atoms with van der Waals surface area (Å²) in [7, 11) is 0.